The molecule has 63 heavy (non-hydrogen) atoms. The minimum Gasteiger partial charge on any atom is -0.322 e. The lowest BCUT2D eigenvalue weighted by molar-refractivity contribution is -0.519. The van der Waals surface area contributed by atoms with E-state index in [1.165, 1.54) is 0 Å². The summed E-state index contributed by atoms with van der Waals surface area (Å²) in [4.78, 5) is 0. The van der Waals surface area contributed by atoms with Gasteiger partial charge >= 0.3 is 116 Å². The highest BCUT2D eigenvalue weighted by atomic mass is 28.4. The molecule has 0 spiro atoms. The fraction of sp³-hybridized carbons (Fsp3) is 1.00. The number of ether oxygens (including phenoxy) is 1. The molecule has 0 amide bonds. The molecular weight excluding hydrogens is 1060 g/mol. The van der Waals surface area contributed by atoms with Gasteiger partial charge in [-0.3, -0.25) is 4.74 Å². The molecule has 378 valence electrons. The smallest absolute Gasteiger partial charge is 0.322 e. The van der Waals surface area contributed by atoms with Gasteiger partial charge in [0.15, 0.2) is 0 Å². The molecule has 1 fully saturated rings. The van der Waals surface area contributed by atoms with E-state index in [2.05, 4.69) is 0 Å². The minimum absolute atomic E-state index is 0.551. The highest BCUT2D eigenvalue weighted by Crippen LogP contribution is 2.76. The molecular formula is C19F40O3Si. The number of halogens is 40. The molecule has 1 heterocycles. The summed E-state index contributed by atoms with van der Waals surface area (Å²) in [6, 6.07) is 0. The van der Waals surface area contributed by atoms with E-state index in [4.69, 9.17) is 0 Å². The fourth-order valence-electron chi connectivity index (χ4n) is 4.25. The van der Waals surface area contributed by atoms with Crippen LogP contribution in [0.5, 0.6) is 0 Å². The van der Waals surface area contributed by atoms with Gasteiger partial charge in [0.2, 0.25) is 0 Å². The molecule has 1 aliphatic rings. The Balaban J connectivity index is 5.40. The fourth-order valence-corrected chi connectivity index (χ4v) is 8.21. The third kappa shape index (κ3) is 6.87. The molecule has 1 atom stereocenters. The first-order chi connectivity index (χ1) is 26.4. The molecule has 0 saturated carbocycles. The Kier molecular flexibility index (Phi) is 12.9. The Labute approximate surface area is 312 Å². The molecule has 0 aromatic carbocycles. The topological polar surface area (TPSA) is 27.7 Å². The summed E-state index contributed by atoms with van der Waals surface area (Å²) in [5, 5.41) is -11.4. The summed E-state index contributed by atoms with van der Waals surface area (Å²) >= 11 is 0. The predicted molar refractivity (Wildman–Crippen MR) is 105 cm³/mol. The lowest BCUT2D eigenvalue weighted by Gasteiger charge is -2.62. The van der Waals surface area contributed by atoms with E-state index in [0.717, 1.165) is 8.85 Å². The van der Waals surface area contributed by atoms with Crippen LogP contribution in [-0.4, -0.2) is 122 Å². The summed E-state index contributed by atoms with van der Waals surface area (Å²) in [5.41, 5.74) is -10.5. The van der Waals surface area contributed by atoms with E-state index in [1.54, 1.807) is 0 Å². The van der Waals surface area contributed by atoms with Crippen LogP contribution in [-0.2, 0) is 13.6 Å². The van der Waals surface area contributed by atoms with Crippen LogP contribution < -0.4 is 0 Å². The van der Waals surface area contributed by atoms with Crippen molar-refractivity contribution in [3.63, 3.8) is 0 Å². The summed E-state index contributed by atoms with van der Waals surface area (Å²) in [6.07, 6.45) is -64.9. The van der Waals surface area contributed by atoms with Crippen LogP contribution in [0, 0.1) is 0 Å². The average Bonchev–Trinajstić information content (AvgIpc) is 2.99. The van der Waals surface area contributed by atoms with Gasteiger partial charge in [0, 0.05) is 0 Å². The maximum absolute atomic E-state index is 15.7. The second-order valence-electron chi connectivity index (χ2n) is 11.5. The lowest BCUT2D eigenvalue weighted by Crippen LogP contribution is -2.99. The zero-order chi connectivity index (χ0) is 52.1. The van der Waals surface area contributed by atoms with Crippen molar-refractivity contribution in [2.24, 2.45) is 0 Å². The van der Waals surface area contributed by atoms with Gasteiger partial charge in [-0.15, -0.1) is 0 Å². The highest BCUT2D eigenvalue weighted by molar-refractivity contribution is 6.74. The van der Waals surface area contributed by atoms with Gasteiger partial charge in [0.05, 0.1) is 0 Å². The zero-order valence-corrected chi connectivity index (χ0v) is 27.3. The number of rotatable bonds is 13. The van der Waals surface area contributed by atoms with Gasteiger partial charge in [-0.2, -0.15) is 176 Å². The Morgan fingerprint density at radius 1 is 0.270 bits per heavy atom. The Morgan fingerprint density at radius 3 is 0.778 bits per heavy atom. The van der Waals surface area contributed by atoms with Crippen molar-refractivity contribution in [3.8, 4) is 0 Å². The van der Waals surface area contributed by atoms with E-state index < -0.39 is 122 Å². The van der Waals surface area contributed by atoms with E-state index >= 15 is 35.1 Å². The van der Waals surface area contributed by atoms with Crippen LogP contribution in [0.3, 0.4) is 0 Å². The number of alkyl halides is 40. The Hall–Kier alpha value is -2.70. The lowest BCUT2D eigenvalue weighted by atomic mass is 9.84. The third-order valence-electron chi connectivity index (χ3n) is 7.48. The van der Waals surface area contributed by atoms with Crippen molar-refractivity contribution in [2.75, 3.05) is 0 Å². The summed E-state index contributed by atoms with van der Waals surface area (Å²) < 4.78 is 560. The van der Waals surface area contributed by atoms with Gasteiger partial charge in [0.1, 0.15) is 0 Å². The monoisotopic (exact) mass is 1060 g/mol. The van der Waals surface area contributed by atoms with Crippen molar-refractivity contribution >= 4 is 8.56 Å². The maximum atomic E-state index is 15.7. The van der Waals surface area contributed by atoms with Gasteiger partial charge in [0.25, 0.3) is 5.22 Å². The van der Waals surface area contributed by atoms with E-state index in [1.807, 2.05) is 0 Å². The highest BCUT2D eigenvalue weighted by Gasteiger charge is 3.12. The third-order valence-corrected chi connectivity index (χ3v) is 11.4. The summed E-state index contributed by atoms with van der Waals surface area (Å²) in [6.45, 7) is 0. The van der Waals surface area contributed by atoms with Gasteiger partial charge < -0.3 is 8.85 Å². The maximum Gasteiger partial charge on any atom is 0.482 e. The molecule has 44 heteroatoms. The van der Waals surface area contributed by atoms with Gasteiger partial charge in [-0.05, 0) is 0 Å². The first kappa shape index (κ1) is 58.3. The van der Waals surface area contributed by atoms with Crippen molar-refractivity contribution in [3.05, 3.63) is 0 Å². The molecule has 0 aromatic rings. The first-order valence-electron chi connectivity index (χ1n) is 13.0. The van der Waals surface area contributed by atoms with Crippen LogP contribution in [0.4, 0.5) is 176 Å². The van der Waals surface area contributed by atoms with Crippen molar-refractivity contribution in [2.45, 2.75) is 113 Å². The molecule has 1 saturated heterocycles. The number of hydrogen-bond donors (Lipinski definition) is 0. The normalized spacial score (nSPS) is 23.8. The summed E-state index contributed by atoms with van der Waals surface area (Å²) in [5.74, 6) is -105. The van der Waals surface area contributed by atoms with Gasteiger partial charge in [-0.25, -0.2) is 0 Å². The largest absolute Gasteiger partial charge is 0.482 e. The van der Waals surface area contributed by atoms with Crippen LogP contribution in [0.2, 0.25) is 0 Å². The molecule has 1 rings (SSSR count). The van der Waals surface area contributed by atoms with E-state index in [0.29, 0.717) is 4.74 Å². The second-order valence-corrected chi connectivity index (χ2v) is 14.4. The van der Waals surface area contributed by atoms with E-state index in [9.17, 15) is 140 Å². The molecule has 0 bridgehead atoms. The molecule has 3 nitrogen and oxygen atoms in total. The molecule has 1 aliphatic heterocycles. The molecule has 1 unspecified atom stereocenters. The molecule has 0 aromatic heterocycles. The Bertz CT molecular complexity index is 1660. The molecule has 0 aliphatic carbocycles. The standard InChI is InChI=1S/C19F40O3Si/c20-1(21,3(24,25)5(28,29)9(36,37)12(40,41)42)2(22,23)4(26,27)7(32,33)11(60-16(52,53)13(43,44)45)8(34,35)6(30,31)10(38,39)19(58,59)63(11,61-17(54,55)14(46,47)48)62-18(56,57)15(49,50)51. The Morgan fingerprint density at radius 2 is 0.524 bits per heavy atom. The SMILES string of the molecule is FC(F)(F)C(F)(F)OC1(C(F)(F)C(F)(F)C(F)(F)C(F)(F)C(F)(F)C(F)(F)C(F)(F)C(F)(F)F)C(F)(F)C(F)(F)C(F)(F)C(F)(F)[Si]1(OC(F)(F)C(F)(F)F)OC(F)(F)C(F)(F)F. The second kappa shape index (κ2) is 13.9. The average molecular weight is 1060 g/mol. The van der Waals surface area contributed by atoms with Crippen molar-refractivity contribution in [1.82, 2.24) is 0 Å². The minimum atomic E-state index is -13.6. The van der Waals surface area contributed by atoms with Gasteiger partial charge in [-0.1, -0.05) is 0 Å². The van der Waals surface area contributed by atoms with E-state index in [-0.39, 0.29) is 0 Å². The van der Waals surface area contributed by atoms with Crippen LogP contribution >= 0.6 is 0 Å². The quantitative estimate of drug-likeness (QED) is 0.136. The van der Waals surface area contributed by atoms with Crippen molar-refractivity contribution < 1.29 is 189 Å². The van der Waals surface area contributed by atoms with Crippen LogP contribution in [0.15, 0.2) is 0 Å². The number of hydrogen-bond acceptors (Lipinski definition) is 3. The summed E-state index contributed by atoms with van der Waals surface area (Å²) in [7, 11) is -13.6. The first-order valence-corrected chi connectivity index (χ1v) is 14.9. The molecule has 0 radical (unpaired) electrons. The predicted octanol–water partition coefficient (Wildman–Crippen LogP) is 12.3. The van der Waals surface area contributed by atoms with Crippen LogP contribution in [0.1, 0.15) is 0 Å². The van der Waals surface area contributed by atoms with Crippen LogP contribution in [0.25, 0.3) is 0 Å². The molecule has 0 N–H and O–H groups in total. The zero-order valence-electron chi connectivity index (χ0n) is 26.3. The van der Waals surface area contributed by atoms with Crippen molar-refractivity contribution in [1.29, 1.82) is 0 Å².